The van der Waals surface area contributed by atoms with Gasteiger partial charge in [0.15, 0.2) is 0 Å². The first-order valence-electron chi connectivity index (χ1n) is 3.67. The molecule has 0 bridgehead atoms. The van der Waals surface area contributed by atoms with Gasteiger partial charge in [0.2, 0.25) is 5.91 Å². The number of carbonyl (C=O) groups is 1. The maximum atomic E-state index is 10.9. The lowest BCUT2D eigenvalue weighted by Crippen LogP contribution is -2.39. The summed E-state index contributed by atoms with van der Waals surface area (Å²) in [6, 6.07) is 0.0656. The van der Waals surface area contributed by atoms with E-state index in [-0.39, 0.29) is 18.4 Å². The second-order valence-electron chi connectivity index (χ2n) is 2.29. The summed E-state index contributed by atoms with van der Waals surface area (Å²) in [7, 11) is 0. The standard InChI is InChI=1S/C8H14N2O/c1-3-5-8(11)10-7(4-2)6-9/h1,7H,4-6,9H2,2H3,(H,10,11). The maximum Gasteiger partial charge on any atom is 0.232 e. The monoisotopic (exact) mass is 154 g/mol. The molecule has 3 heteroatoms. The summed E-state index contributed by atoms with van der Waals surface area (Å²) in [6.07, 6.45) is 5.92. The third-order valence-electron chi connectivity index (χ3n) is 1.41. The van der Waals surface area contributed by atoms with Crippen molar-refractivity contribution in [2.75, 3.05) is 6.54 Å². The number of nitrogens with two attached hydrogens (primary N) is 1. The lowest BCUT2D eigenvalue weighted by molar-refractivity contribution is -0.120. The molecule has 0 aliphatic rings. The Morgan fingerprint density at radius 1 is 1.82 bits per heavy atom. The van der Waals surface area contributed by atoms with Gasteiger partial charge in [0.05, 0.1) is 6.42 Å². The molecular formula is C8H14N2O. The molecule has 0 saturated heterocycles. The van der Waals surface area contributed by atoms with E-state index in [1.165, 1.54) is 0 Å². The number of hydrogen-bond acceptors (Lipinski definition) is 2. The van der Waals surface area contributed by atoms with Gasteiger partial charge in [-0.1, -0.05) is 12.8 Å². The van der Waals surface area contributed by atoms with E-state index in [0.29, 0.717) is 6.54 Å². The van der Waals surface area contributed by atoms with Crippen LogP contribution in [-0.2, 0) is 4.79 Å². The molecule has 0 radical (unpaired) electrons. The average molecular weight is 154 g/mol. The van der Waals surface area contributed by atoms with Crippen LogP contribution in [0.4, 0.5) is 0 Å². The number of rotatable bonds is 4. The van der Waals surface area contributed by atoms with E-state index in [9.17, 15) is 4.79 Å². The summed E-state index contributed by atoms with van der Waals surface area (Å²) in [5.74, 6) is 2.15. The molecule has 0 spiro atoms. The van der Waals surface area contributed by atoms with Crippen LogP contribution >= 0.6 is 0 Å². The van der Waals surface area contributed by atoms with Crippen molar-refractivity contribution in [3.8, 4) is 12.3 Å². The predicted molar refractivity (Wildman–Crippen MR) is 44.7 cm³/mol. The summed E-state index contributed by atoms with van der Waals surface area (Å²) in [6.45, 7) is 2.43. The van der Waals surface area contributed by atoms with Crippen molar-refractivity contribution in [1.29, 1.82) is 0 Å². The van der Waals surface area contributed by atoms with Crippen LogP contribution in [0.15, 0.2) is 0 Å². The van der Waals surface area contributed by atoms with Crippen molar-refractivity contribution < 1.29 is 4.79 Å². The van der Waals surface area contributed by atoms with E-state index in [1.807, 2.05) is 6.92 Å². The van der Waals surface area contributed by atoms with Gasteiger partial charge < -0.3 is 11.1 Å². The Hall–Kier alpha value is -1.01. The van der Waals surface area contributed by atoms with Crippen LogP contribution in [0.3, 0.4) is 0 Å². The van der Waals surface area contributed by atoms with Crippen LogP contribution in [0.25, 0.3) is 0 Å². The molecule has 3 nitrogen and oxygen atoms in total. The Morgan fingerprint density at radius 3 is 2.82 bits per heavy atom. The molecule has 1 amide bonds. The minimum absolute atomic E-state index is 0.0656. The highest BCUT2D eigenvalue weighted by molar-refractivity contribution is 5.78. The lowest BCUT2D eigenvalue weighted by Gasteiger charge is -2.12. The minimum Gasteiger partial charge on any atom is -0.351 e. The van der Waals surface area contributed by atoms with Gasteiger partial charge in [0.25, 0.3) is 0 Å². The Kier molecular flexibility index (Phi) is 5.22. The van der Waals surface area contributed by atoms with Crippen molar-refractivity contribution in [2.24, 2.45) is 5.73 Å². The second-order valence-corrected chi connectivity index (χ2v) is 2.29. The van der Waals surface area contributed by atoms with Gasteiger partial charge in [-0.2, -0.15) is 0 Å². The highest BCUT2D eigenvalue weighted by atomic mass is 16.1. The summed E-state index contributed by atoms with van der Waals surface area (Å²) >= 11 is 0. The van der Waals surface area contributed by atoms with Crippen molar-refractivity contribution in [2.45, 2.75) is 25.8 Å². The van der Waals surface area contributed by atoms with Crippen molar-refractivity contribution in [1.82, 2.24) is 5.32 Å². The Balaban J connectivity index is 3.64. The zero-order valence-electron chi connectivity index (χ0n) is 6.76. The van der Waals surface area contributed by atoms with Crippen LogP contribution in [0, 0.1) is 12.3 Å². The molecule has 0 rings (SSSR count). The lowest BCUT2D eigenvalue weighted by atomic mass is 10.2. The number of terminal acetylenes is 1. The number of amides is 1. The summed E-state index contributed by atoms with van der Waals surface area (Å²) in [4.78, 5) is 10.9. The van der Waals surface area contributed by atoms with Gasteiger partial charge in [0, 0.05) is 12.6 Å². The molecule has 0 aromatic heterocycles. The van der Waals surface area contributed by atoms with Crippen molar-refractivity contribution in [3.63, 3.8) is 0 Å². The first kappa shape index (κ1) is 9.99. The van der Waals surface area contributed by atoms with E-state index in [2.05, 4.69) is 11.2 Å². The van der Waals surface area contributed by atoms with Crippen LogP contribution in [-0.4, -0.2) is 18.5 Å². The molecule has 0 aliphatic heterocycles. The molecule has 1 atom stereocenters. The van der Waals surface area contributed by atoms with Crippen molar-refractivity contribution in [3.05, 3.63) is 0 Å². The fourth-order valence-electron chi connectivity index (χ4n) is 0.699. The minimum atomic E-state index is -0.121. The first-order valence-corrected chi connectivity index (χ1v) is 3.67. The largest absolute Gasteiger partial charge is 0.351 e. The van der Waals surface area contributed by atoms with Crippen molar-refractivity contribution >= 4 is 5.91 Å². The van der Waals surface area contributed by atoms with E-state index in [1.54, 1.807) is 0 Å². The number of carbonyl (C=O) groups excluding carboxylic acids is 1. The zero-order valence-corrected chi connectivity index (χ0v) is 6.76. The van der Waals surface area contributed by atoms with Gasteiger partial charge in [-0.05, 0) is 6.42 Å². The third-order valence-corrected chi connectivity index (χ3v) is 1.41. The molecule has 0 aliphatic carbocycles. The van der Waals surface area contributed by atoms with E-state index in [0.717, 1.165) is 6.42 Å². The van der Waals surface area contributed by atoms with Crippen LogP contribution in [0.2, 0.25) is 0 Å². The Labute approximate surface area is 67.3 Å². The summed E-state index contributed by atoms with van der Waals surface area (Å²) < 4.78 is 0. The molecule has 0 aromatic carbocycles. The number of nitrogens with one attached hydrogen (secondary N) is 1. The van der Waals surface area contributed by atoms with E-state index < -0.39 is 0 Å². The number of hydrogen-bond donors (Lipinski definition) is 2. The fourth-order valence-corrected chi connectivity index (χ4v) is 0.699. The van der Waals surface area contributed by atoms with Gasteiger partial charge in [-0.25, -0.2) is 0 Å². The quantitative estimate of drug-likeness (QED) is 0.554. The SMILES string of the molecule is C#CCC(=O)NC(CC)CN. The zero-order chi connectivity index (χ0) is 8.69. The normalized spacial score (nSPS) is 11.7. The predicted octanol–water partition coefficient (Wildman–Crippen LogP) is -0.137. The smallest absolute Gasteiger partial charge is 0.232 e. The van der Waals surface area contributed by atoms with Gasteiger partial charge >= 0.3 is 0 Å². The van der Waals surface area contributed by atoms with Gasteiger partial charge in [-0.15, -0.1) is 6.42 Å². The molecule has 0 heterocycles. The molecule has 11 heavy (non-hydrogen) atoms. The summed E-state index contributed by atoms with van der Waals surface area (Å²) in [5.41, 5.74) is 5.36. The first-order chi connectivity index (χ1) is 5.24. The molecule has 1 unspecified atom stereocenters. The molecule has 3 N–H and O–H groups in total. The molecule has 0 aromatic rings. The van der Waals surface area contributed by atoms with Crippen LogP contribution < -0.4 is 11.1 Å². The Morgan fingerprint density at radius 2 is 2.45 bits per heavy atom. The maximum absolute atomic E-state index is 10.9. The van der Waals surface area contributed by atoms with Crippen LogP contribution in [0.5, 0.6) is 0 Å². The van der Waals surface area contributed by atoms with E-state index in [4.69, 9.17) is 12.2 Å². The topological polar surface area (TPSA) is 55.1 Å². The van der Waals surface area contributed by atoms with Gasteiger partial charge in [-0.3, -0.25) is 4.79 Å². The Bertz CT molecular complexity index is 156. The van der Waals surface area contributed by atoms with Crippen LogP contribution in [0.1, 0.15) is 19.8 Å². The summed E-state index contributed by atoms with van der Waals surface area (Å²) in [5, 5.41) is 2.71. The second kappa shape index (κ2) is 5.75. The molecule has 62 valence electrons. The third kappa shape index (κ3) is 4.40. The fraction of sp³-hybridized carbons (Fsp3) is 0.625. The highest BCUT2D eigenvalue weighted by Gasteiger charge is 2.05. The molecule has 0 fully saturated rings. The van der Waals surface area contributed by atoms with Gasteiger partial charge in [0.1, 0.15) is 0 Å². The molecule has 0 saturated carbocycles. The van der Waals surface area contributed by atoms with E-state index >= 15 is 0 Å². The molecular weight excluding hydrogens is 140 g/mol. The average Bonchev–Trinajstić information content (AvgIpc) is 2.01. The highest BCUT2D eigenvalue weighted by Crippen LogP contribution is 1.88.